The molecule has 3 aromatic carbocycles. The van der Waals surface area contributed by atoms with Gasteiger partial charge in [0.1, 0.15) is 11.3 Å². The van der Waals surface area contributed by atoms with Crippen LogP contribution < -0.4 is 10.1 Å². The van der Waals surface area contributed by atoms with Gasteiger partial charge in [0.15, 0.2) is 5.58 Å². The maximum absolute atomic E-state index is 12.9. The summed E-state index contributed by atoms with van der Waals surface area (Å²) < 4.78 is 12.0. The van der Waals surface area contributed by atoms with Gasteiger partial charge in [-0.15, -0.1) is 0 Å². The number of hydrogen-bond donors (Lipinski definition) is 1. The predicted octanol–water partition coefficient (Wildman–Crippen LogP) is 7.13. The minimum atomic E-state index is -0.292. The first kappa shape index (κ1) is 20.7. The average molecular weight is 506 g/mol. The monoisotopic (exact) mass is 504 g/mol. The van der Waals surface area contributed by atoms with Crippen molar-refractivity contribution in [3.8, 4) is 17.2 Å². The third-order valence-corrected chi connectivity index (χ3v) is 5.50. The van der Waals surface area contributed by atoms with Crippen LogP contribution in [0, 0.1) is 6.92 Å². The summed E-state index contributed by atoms with van der Waals surface area (Å²) in [5.74, 6) is 0.609. The van der Waals surface area contributed by atoms with Gasteiger partial charge in [0, 0.05) is 15.2 Å². The number of nitrogens with one attached hydrogen (secondary N) is 1. The van der Waals surface area contributed by atoms with Crippen molar-refractivity contribution in [2.75, 3.05) is 12.4 Å². The van der Waals surface area contributed by atoms with E-state index in [0.717, 1.165) is 10.0 Å². The summed E-state index contributed by atoms with van der Waals surface area (Å²) in [6.07, 6.45) is 0. The first-order chi connectivity index (χ1) is 14.4. The number of oxazole rings is 1. The van der Waals surface area contributed by atoms with E-state index >= 15 is 0 Å². The van der Waals surface area contributed by atoms with Gasteiger partial charge in [0.2, 0.25) is 5.89 Å². The number of aryl methyl sites for hydroxylation is 1. The third kappa shape index (κ3) is 4.03. The van der Waals surface area contributed by atoms with Crippen LogP contribution in [0.1, 0.15) is 15.9 Å². The first-order valence-electron chi connectivity index (χ1n) is 8.87. The van der Waals surface area contributed by atoms with E-state index in [1.165, 1.54) is 7.11 Å². The Hall–Kier alpha value is -2.54. The van der Waals surface area contributed by atoms with E-state index < -0.39 is 0 Å². The molecule has 8 heteroatoms. The topological polar surface area (TPSA) is 64.4 Å². The number of carbonyl (C=O) groups is 1. The van der Waals surface area contributed by atoms with Gasteiger partial charge in [-0.1, -0.05) is 39.1 Å². The van der Waals surface area contributed by atoms with Crippen molar-refractivity contribution in [1.29, 1.82) is 0 Å². The zero-order valence-corrected chi connectivity index (χ0v) is 19.0. The van der Waals surface area contributed by atoms with Gasteiger partial charge >= 0.3 is 0 Å². The number of anilines is 1. The molecule has 0 saturated carbocycles. The molecule has 0 aliphatic carbocycles. The van der Waals surface area contributed by atoms with Crippen LogP contribution in [0.4, 0.5) is 5.69 Å². The number of ether oxygens (including phenoxy) is 1. The van der Waals surface area contributed by atoms with E-state index in [4.69, 9.17) is 32.4 Å². The molecule has 4 aromatic rings. The van der Waals surface area contributed by atoms with Crippen molar-refractivity contribution >= 4 is 61.8 Å². The molecular formula is C22H15BrCl2N2O3. The largest absolute Gasteiger partial charge is 0.496 e. The second-order valence-corrected chi connectivity index (χ2v) is 8.34. The first-order valence-corrected chi connectivity index (χ1v) is 10.4. The van der Waals surface area contributed by atoms with Crippen LogP contribution in [-0.4, -0.2) is 18.0 Å². The summed E-state index contributed by atoms with van der Waals surface area (Å²) in [6.45, 7) is 1.88. The Balaban J connectivity index is 1.66. The van der Waals surface area contributed by atoms with E-state index in [-0.39, 0.29) is 5.91 Å². The normalized spacial score (nSPS) is 11.0. The van der Waals surface area contributed by atoms with Crippen LogP contribution in [0.25, 0.3) is 22.6 Å². The Morgan fingerprint density at radius 3 is 2.67 bits per heavy atom. The summed E-state index contributed by atoms with van der Waals surface area (Å²) in [4.78, 5) is 17.4. The number of amides is 1. The zero-order valence-electron chi connectivity index (χ0n) is 15.9. The highest BCUT2D eigenvalue weighted by Crippen LogP contribution is 2.33. The van der Waals surface area contributed by atoms with Crippen molar-refractivity contribution in [3.05, 3.63) is 74.2 Å². The lowest BCUT2D eigenvalue weighted by Gasteiger charge is -2.12. The maximum Gasteiger partial charge on any atom is 0.259 e. The van der Waals surface area contributed by atoms with Gasteiger partial charge < -0.3 is 14.5 Å². The van der Waals surface area contributed by atoms with Crippen LogP contribution in [-0.2, 0) is 0 Å². The smallest absolute Gasteiger partial charge is 0.259 e. The van der Waals surface area contributed by atoms with E-state index in [1.807, 2.05) is 13.0 Å². The number of benzene rings is 3. The molecule has 5 nitrogen and oxygen atoms in total. The fraction of sp³-hybridized carbons (Fsp3) is 0.0909. The number of nitrogens with zero attached hydrogens (tertiary/aromatic N) is 1. The van der Waals surface area contributed by atoms with Gasteiger partial charge in [-0.2, -0.15) is 0 Å². The Labute approximate surface area is 191 Å². The predicted molar refractivity (Wildman–Crippen MR) is 123 cm³/mol. The molecule has 152 valence electrons. The van der Waals surface area contributed by atoms with Crippen LogP contribution >= 0.6 is 39.1 Å². The van der Waals surface area contributed by atoms with Crippen molar-refractivity contribution < 1.29 is 13.9 Å². The summed E-state index contributed by atoms with van der Waals surface area (Å²) in [5.41, 5.74) is 3.66. The number of carbonyl (C=O) groups excluding carboxylic acids is 1. The van der Waals surface area contributed by atoms with Gasteiger partial charge in [-0.3, -0.25) is 4.79 Å². The van der Waals surface area contributed by atoms with Crippen molar-refractivity contribution in [3.63, 3.8) is 0 Å². The maximum atomic E-state index is 12.9. The van der Waals surface area contributed by atoms with E-state index in [1.54, 1.807) is 42.5 Å². The summed E-state index contributed by atoms with van der Waals surface area (Å²) >= 11 is 15.6. The molecule has 0 aliphatic rings. The lowest BCUT2D eigenvalue weighted by Crippen LogP contribution is -2.13. The summed E-state index contributed by atoms with van der Waals surface area (Å²) in [7, 11) is 1.54. The molecule has 4 rings (SSSR count). The highest BCUT2D eigenvalue weighted by atomic mass is 79.9. The second-order valence-electron chi connectivity index (χ2n) is 6.58. The van der Waals surface area contributed by atoms with Crippen LogP contribution in [0.2, 0.25) is 10.0 Å². The van der Waals surface area contributed by atoms with Crippen LogP contribution in [0.5, 0.6) is 5.75 Å². The molecule has 1 N–H and O–H groups in total. The molecule has 0 bridgehead atoms. The number of hydrogen-bond acceptors (Lipinski definition) is 4. The van der Waals surface area contributed by atoms with Crippen LogP contribution in [0.15, 0.2) is 57.4 Å². The zero-order chi connectivity index (χ0) is 21.4. The Morgan fingerprint density at radius 1 is 1.13 bits per heavy atom. The molecule has 0 spiro atoms. The molecule has 0 unspecified atom stereocenters. The van der Waals surface area contributed by atoms with E-state index in [2.05, 4.69) is 26.2 Å². The molecule has 1 aromatic heterocycles. The molecule has 0 fully saturated rings. The van der Waals surface area contributed by atoms with E-state index in [0.29, 0.717) is 49.6 Å². The van der Waals surface area contributed by atoms with Crippen molar-refractivity contribution in [2.45, 2.75) is 6.92 Å². The quantitative estimate of drug-likeness (QED) is 0.320. The molecule has 30 heavy (non-hydrogen) atoms. The van der Waals surface area contributed by atoms with Gasteiger partial charge in [0.05, 0.1) is 23.3 Å². The molecule has 0 aliphatic heterocycles. The fourth-order valence-corrected chi connectivity index (χ4v) is 4.21. The lowest BCUT2D eigenvalue weighted by molar-refractivity contribution is 0.102. The standard InChI is InChI=1S/C22H15BrCl2N2O3/c1-11-7-12(23)8-16(20(11)29-2)21(28)26-14-4-6-19-18(10-14)27-22(30-19)15-5-3-13(24)9-17(15)25/h3-10H,1-2H3,(H,26,28). The molecule has 0 atom stereocenters. The molecule has 0 radical (unpaired) electrons. The lowest BCUT2D eigenvalue weighted by atomic mass is 10.1. The highest BCUT2D eigenvalue weighted by molar-refractivity contribution is 9.10. The number of rotatable bonds is 4. The van der Waals surface area contributed by atoms with Crippen LogP contribution in [0.3, 0.4) is 0 Å². The summed E-state index contributed by atoms with van der Waals surface area (Å²) in [6, 6.07) is 13.9. The fourth-order valence-electron chi connectivity index (χ4n) is 3.15. The Bertz CT molecular complexity index is 1290. The number of halogens is 3. The Kier molecular flexibility index (Phi) is 5.73. The summed E-state index contributed by atoms with van der Waals surface area (Å²) in [5, 5.41) is 3.86. The number of aromatic nitrogens is 1. The Morgan fingerprint density at radius 2 is 1.93 bits per heavy atom. The van der Waals surface area contributed by atoms with Gasteiger partial charge in [0.25, 0.3) is 5.91 Å². The molecule has 0 saturated heterocycles. The SMILES string of the molecule is COc1c(C)cc(Br)cc1C(=O)Nc1ccc2oc(-c3ccc(Cl)cc3Cl)nc2c1. The average Bonchev–Trinajstić information content (AvgIpc) is 3.10. The number of fused-ring (bicyclic) bond motifs is 1. The van der Waals surface area contributed by atoms with Crippen molar-refractivity contribution in [1.82, 2.24) is 4.98 Å². The molecular weight excluding hydrogens is 491 g/mol. The minimum Gasteiger partial charge on any atom is -0.496 e. The second kappa shape index (κ2) is 8.30. The minimum absolute atomic E-state index is 0.292. The number of methoxy groups -OCH3 is 1. The molecule has 1 heterocycles. The van der Waals surface area contributed by atoms with E-state index in [9.17, 15) is 4.79 Å². The third-order valence-electron chi connectivity index (χ3n) is 4.50. The van der Waals surface area contributed by atoms with Gasteiger partial charge in [-0.25, -0.2) is 4.98 Å². The van der Waals surface area contributed by atoms with Gasteiger partial charge in [-0.05, 0) is 61.0 Å². The van der Waals surface area contributed by atoms with Crippen molar-refractivity contribution in [2.24, 2.45) is 0 Å². The highest BCUT2D eigenvalue weighted by Gasteiger charge is 2.17. The molecule has 1 amide bonds.